The highest BCUT2D eigenvalue weighted by Crippen LogP contribution is 2.23. The van der Waals surface area contributed by atoms with E-state index in [2.05, 4.69) is 15.9 Å². The van der Waals surface area contributed by atoms with Crippen molar-refractivity contribution in [3.63, 3.8) is 0 Å². The van der Waals surface area contributed by atoms with Crippen LogP contribution in [-0.4, -0.2) is 17.5 Å². The Bertz CT molecular complexity index is 453. The molecule has 1 aromatic rings. The number of halogens is 1. The Kier molecular flexibility index (Phi) is 4.84. The van der Waals surface area contributed by atoms with E-state index >= 15 is 0 Å². The molecule has 0 saturated carbocycles. The summed E-state index contributed by atoms with van der Waals surface area (Å²) in [5, 5.41) is 10.5. The Labute approximate surface area is 106 Å². The van der Waals surface area contributed by atoms with E-state index in [9.17, 15) is 14.9 Å². The van der Waals surface area contributed by atoms with Crippen molar-refractivity contribution in [2.24, 2.45) is 0 Å². The number of esters is 1. The molecular formula is C11H10BrNO4. The number of rotatable bonds is 4. The van der Waals surface area contributed by atoms with Gasteiger partial charge >= 0.3 is 5.97 Å². The van der Waals surface area contributed by atoms with Gasteiger partial charge in [-0.3, -0.25) is 10.1 Å². The molecule has 0 heterocycles. The second kappa shape index (κ2) is 6.15. The van der Waals surface area contributed by atoms with E-state index in [-0.39, 0.29) is 5.69 Å². The smallest absolute Gasteiger partial charge is 0.331 e. The molecule has 0 atom stereocenters. The molecule has 1 aromatic carbocycles. The average molecular weight is 300 g/mol. The van der Waals surface area contributed by atoms with E-state index in [4.69, 9.17) is 4.74 Å². The zero-order valence-electron chi connectivity index (χ0n) is 9.05. The fourth-order valence-corrected chi connectivity index (χ4v) is 1.56. The van der Waals surface area contributed by atoms with Crippen LogP contribution in [0.4, 0.5) is 5.69 Å². The molecule has 0 spiro atoms. The maximum Gasteiger partial charge on any atom is 0.331 e. The standard InChI is InChI=1S/C11H10BrNO4/c1-2-17-11(14)7-10(12)8-3-5-9(6-4-8)13(15)16/h3-7H,2H2,1H3/b10-7-. The second-order valence-electron chi connectivity index (χ2n) is 3.05. The number of ether oxygens (including phenoxy) is 1. The van der Waals surface area contributed by atoms with Gasteiger partial charge in [-0.2, -0.15) is 0 Å². The maximum atomic E-state index is 11.2. The minimum absolute atomic E-state index is 0.00480. The van der Waals surface area contributed by atoms with Crippen molar-refractivity contribution in [3.8, 4) is 0 Å². The molecule has 0 radical (unpaired) electrons. The molecule has 1 rings (SSSR count). The van der Waals surface area contributed by atoms with Crippen molar-refractivity contribution in [1.82, 2.24) is 0 Å². The summed E-state index contributed by atoms with van der Waals surface area (Å²) < 4.78 is 5.26. The minimum atomic E-state index is -0.479. The third-order valence-corrected chi connectivity index (χ3v) is 2.57. The first-order chi connectivity index (χ1) is 8.04. The molecule has 6 heteroatoms. The Morgan fingerprint density at radius 2 is 2.06 bits per heavy atom. The molecule has 0 aliphatic heterocycles. The average Bonchev–Trinajstić information content (AvgIpc) is 2.29. The minimum Gasteiger partial charge on any atom is -0.463 e. The Morgan fingerprint density at radius 3 is 2.53 bits per heavy atom. The number of nitro benzene ring substituents is 1. The number of benzene rings is 1. The van der Waals surface area contributed by atoms with Crippen molar-refractivity contribution in [2.75, 3.05) is 6.61 Å². The van der Waals surface area contributed by atoms with E-state index in [0.29, 0.717) is 16.7 Å². The molecule has 0 amide bonds. The topological polar surface area (TPSA) is 69.4 Å². The van der Waals surface area contributed by atoms with Gasteiger partial charge in [-0.1, -0.05) is 0 Å². The highest BCUT2D eigenvalue weighted by molar-refractivity contribution is 9.15. The lowest BCUT2D eigenvalue weighted by Gasteiger charge is -2.00. The van der Waals surface area contributed by atoms with Crippen molar-refractivity contribution >= 4 is 32.1 Å². The third-order valence-electron chi connectivity index (χ3n) is 1.89. The van der Waals surface area contributed by atoms with Gasteiger partial charge in [0, 0.05) is 22.7 Å². The zero-order valence-corrected chi connectivity index (χ0v) is 10.6. The van der Waals surface area contributed by atoms with Gasteiger partial charge < -0.3 is 4.74 Å². The number of hydrogen-bond acceptors (Lipinski definition) is 4. The highest BCUT2D eigenvalue weighted by Gasteiger charge is 2.06. The SMILES string of the molecule is CCOC(=O)/C=C(\Br)c1ccc([N+](=O)[O-])cc1. The molecule has 0 fully saturated rings. The number of nitrogens with zero attached hydrogens (tertiary/aromatic N) is 1. The Hall–Kier alpha value is -1.69. The predicted molar refractivity (Wildman–Crippen MR) is 66.6 cm³/mol. The fourth-order valence-electron chi connectivity index (χ4n) is 1.11. The maximum absolute atomic E-state index is 11.2. The lowest BCUT2D eigenvalue weighted by Crippen LogP contribution is -1.99. The van der Waals surface area contributed by atoms with E-state index in [1.807, 2.05) is 0 Å². The van der Waals surface area contributed by atoms with Crippen molar-refractivity contribution < 1.29 is 14.5 Å². The molecule has 0 aliphatic rings. The summed E-state index contributed by atoms with van der Waals surface area (Å²) >= 11 is 3.21. The van der Waals surface area contributed by atoms with Crippen LogP contribution in [0.1, 0.15) is 12.5 Å². The first-order valence-corrected chi connectivity index (χ1v) is 5.62. The monoisotopic (exact) mass is 299 g/mol. The molecule has 0 bridgehead atoms. The third kappa shape index (κ3) is 3.99. The fraction of sp³-hybridized carbons (Fsp3) is 0.182. The summed E-state index contributed by atoms with van der Waals surface area (Å²) in [6.45, 7) is 2.02. The van der Waals surface area contributed by atoms with Crippen molar-refractivity contribution in [1.29, 1.82) is 0 Å². The molecule has 0 aliphatic carbocycles. The van der Waals surface area contributed by atoms with Gasteiger partial charge in [0.1, 0.15) is 0 Å². The first-order valence-electron chi connectivity index (χ1n) is 4.83. The first kappa shape index (κ1) is 13.4. The molecule has 0 aromatic heterocycles. The summed E-state index contributed by atoms with van der Waals surface area (Å²) in [5.74, 6) is -0.460. The Morgan fingerprint density at radius 1 is 1.47 bits per heavy atom. The summed E-state index contributed by atoms with van der Waals surface area (Å²) in [4.78, 5) is 21.1. The van der Waals surface area contributed by atoms with E-state index in [0.717, 1.165) is 0 Å². The summed E-state index contributed by atoms with van der Waals surface area (Å²) in [7, 11) is 0. The van der Waals surface area contributed by atoms with Gasteiger partial charge in [0.15, 0.2) is 0 Å². The largest absolute Gasteiger partial charge is 0.463 e. The van der Waals surface area contributed by atoms with Crippen molar-refractivity contribution in [3.05, 3.63) is 46.0 Å². The number of hydrogen-bond donors (Lipinski definition) is 0. The lowest BCUT2D eigenvalue weighted by molar-refractivity contribution is -0.384. The lowest BCUT2D eigenvalue weighted by atomic mass is 10.2. The van der Waals surface area contributed by atoms with E-state index < -0.39 is 10.9 Å². The number of carbonyl (C=O) groups is 1. The van der Waals surface area contributed by atoms with Crippen LogP contribution < -0.4 is 0 Å². The van der Waals surface area contributed by atoms with Gasteiger partial charge in [0.25, 0.3) is 5.69 Å². The predicted octanol–water partition coefficient (Wildman–Crippen LogP) is 2.89. The number of carbonyl (C=O) groups excluding carboxylic acids is 1. The molecule has 0 saturated heterocycles. The molecule has 0 unspecified atom stereocenters. The number of nitro groups is 1. The van der Waals surface area contributed by atoms with Crippen LogP contribution in [0.3, 0.4) is 0 Å². The van der Waals surface area contributed by atoms with Crippen LogP contribution in [-0.2, 0) is 9.53 Å². The van der Waals surface area contributed by atoms with Crippen molar-refractivity contribution in [2.45, 2.75) is 6.92 Å². The summed E-state index contributed by atoms with van der Waals surface area (Å²) in [6, 6.07) is 5.85. The van der Waals surface area contributed by atoms with Gasteiger partial charge in [-0.05, 0) is 40.5 Å². The molecular weight excluding hydrogens is 290 g/mol. The molecule has 17 heavy (non-hydrogen) atoms. The van der Waals surface area contributed by atoms with Crippen LogP contribution in [0.5, 0.6) is 0 Å². The summed E-state index contributed by atoms with van der Waals surface area (Å²) in [6.07, 6.45) is 1.28. The number of non-ortho nitro benzene ring substituents is 1. The highest BCUT2D eigenvalue weighted by atomic mass is 79.9. The van der Waals surface area contributed by atoms with Gasteiger partial charge in [-0.25, -0.2) is 4.79 Å². The van der Waals surface area contributed by atoms with Crippen LogP contribution in [0.15, 0.2) is 30.3 Å². The zero-order chi connectivity index (χ0) is 12.8. The van der Waals surface area contributed by atoms with Crippen LogP contribution >= 0.6 is 15.9 Å². The van der Waals surface area contributed by atoms with Crippen LogP contribution in [0.2, 0.25) is 0 Å². The van der Waals surface area contributed by atoms with Gasteiger partial charge in [0.05, 0.1) is 11.5 Å². The summed E-state index contributed by atoms with van der Waals surface area (Å²) in [5.41, 5.74) is 0.675. The van der Waals surface area contributed by atoms with Gasteiger partial charge in [-0.15, -0.1) is 0 Å². The Balaban J connectivity index is 2.86. The van der Waals surface area contributed by atoms with Crippen LogP contribution in [0.25, 0.3) is 4.48 Å². The second-order valence-corrected chi connectivity index (χ2v) is 3.90. The molecule has 5 nitrogen and oxygen atoms in total. The molecule has 90 valence electrons. The van der Waals surface area contributed by atoms with E-state index in [1.54, 1.807) is 19.1 Å². The van der Waals surface area contributed by atoms with E-state index in [1.165, 1.54) is 18.2 Å². The molecule has 0 N–H and O–H groups in total. The van der Waals surface area contributed by atoms with Gasteiger partial charge in [0.2, 0.25) is 0 Å². The quantitative estimate of drug-likeness (QED) is 0.371. The van der Waals surface area contributed by atoms with Crippen LogP contribution in [0, 0.1) is 10.1 Å². The normalized spacial score (nSPS) is 11.1.